The average Bonchev–Trinajstić information content (AvgIpc) is 2.42. The Bertz CT molecular complexity index is 48.1. The molecule has 0 saturated carbocycles. The zero-order chi connectivity index (χ0) is 5.11. The number of hydrogen-bond donors (Lipinski definition) is 1. The molecule has 0 amide bonds. The normalized spacial score (nSPS) is 27.9. The van der Waals surface area contributed by atoms with Crippen LogP contribution in [0.15, 0.2) is 0 Å². The first-order chi connectivity index (χ1) is 3.43. The van der Waals surface area contributed by atoms with Gasteiger partial charge in [-0.15, -0.1) is 0 Å². The first-order valence-corrected chi connectivity index (χ1v) is 3.03. The molecule has 1 aliphatic rings. The van der Waals surface area contributed by atoms with E-state index >= 15 is 0 Å². The number of unbranched alkanes of at least 4 members (excludes halogenated alkanes) is 1. The summed E-state index contributed by atoms with van der Waals surface area (Å²) in [4.78, 5) is 0. The van der Waals surface area contributed by atoms with E-state index in [9.17, 15) is 0 Å². The first kappa shape index (κ1) is 5.10. The molecule has 0 bridgehead atoms. The van der Waals surface area contributed by atoms with Crippen LogP contribution in [0, 0.1) is 6.54 Å². The molecule has 0 aromatic rings. The maximum absolute atomic E-state index is 3.14. The fourth-order valence-corrected chi connectivity index (χ4v) is 0.659. The summed E-state index contributed by atoms with van der Waals surface area (Å²) in [6, 6.07) is 0.778. The molecule has 1 heterocycles. The van der Waals surface area contributed by atoms with E-state index in [-0.39, 0.29) is 0 Å². The second-order valence-corrected chi connectivity index (χ2v) is 2.08. The molecule has 1 saturated heterocycles. The molecule has 1 N–H and O–H groups in total. The minimum absolute atomic E-state index is 0.778. The molecule has 1 unspecified atom stereocenters. The molecule has 1 nitrogen and oxygen atoms in total. The molecule has 0 aliphatic carbocycles. The molecular formula is C6H12N. The van der Waals surface area contributed by atoms with Crippen molar-refractivity contribution in [2.75, 3.05) is 0 Å². The minimum Gasteiger partial charge on any atom is -0.307 e. The second kappa shape index (κ2) is 2.31. The average molecular weight is 98.2 g/mol. The Hall–Kier alpha value is -0.0400. The van der Waals surface area contributed by atoms with Gasteiger partial charge in [-0.3, -0.25) is 0 Å². The van der Waals surface area contributed by atoms with E-state index in [2.05, 4.69) is 18.8 Å². The van der Waals surface area contributed by atoms with Crippen LogP contribution in [0.1, 0.15) is 26.2 Å². The van der Waals surface area contributed by atoms with Gasteiger partial charge in [0.25, 0.3) is 0 Å². The lowest BCUT2D eigenvalue weighted by atomic mass is 10.2. The van der Waals surface area contributed by atoms with E-state index in [1.165, 1.54) is 19.3 Å². The van der Waals surface area contributed by atoms with Crippen molar-refractivity contribution in [3.8, 4) is 0 Å². The van der Waals surface area contributed by atoms with Crippen LogP contribution in [0.5, 0.6) is 0 Å². The highest BCUT2D eigenvalue weighted by Crippen LogP contribution is 2.11. The molecule has 1 atom stereocenters. The minimum atomic E-state index is 0.778. The Morgan fingerprint density at radius 1 is 1.71 bits per heavy atom. The standard InChI is InChI=1S/C6H12N/c1-2-3-4-6-5-7-6/h5-7H,2-4H2,1H3. The van der Waals surface area contributed by atoms with Crippen molar-refractivity contribution in [2.45, 2.75) is 32.2 Å². The molecule has 1 fully saturated rings. The van der Waals surface area contributed by atoms with Crippen LogP contribution in [0.25, 0.3) is 0 Å². The molecule has 0 aromatic heterocycles. The maximum Gasteiger partial charge on any atom is 0.0393 e. The third kappa shape index (κ3) is 1.93. The van der Waals surface area contributed by atoms with E-state index in [1.807, 2.05) is 0 Å². The lowest BCUT2D eigenvalue weighted by Gasteiger charge is -1.87. The summed E-state index contributed by atoms with van der Waals surface area (Å²) in [5.74, 6) is 0. The maximum atomic E-state index is 3.14. The van der Waals surface area contributed by atoms with Crippen LogP contribution in [-0.4, -0.2) is 6.04 Å². The topological polar surface area (TPSA) is 21.9 Å². The van der Waals surface area contributed by atoms with E-state index in [4.69, 9.17) is 0 Å². The van der Waals surface area contributed by atoms with E-state index in [1.54, 1.807) is 0 Å². The molecule has 7 heavy (non-hydrogen) atoms. The summed E-state index contributed by atoms with van der Waals surface area (Å²) >= 11 is 0. The van der Waals surface area contributed by atoms with Gasteiger partial charge in [-0.25, -0.2) is 0 Å². The van der Waals surface area contributed by atoms with Gasteiger partial charge < -0.3 is 5.32 Å². The highest BCUT2D eigenvalue weighted by Gasteiger charge is 2.18. The molecule has 1 aliphatic heterocycles. The van der Waals surface area contributed by atoms with Gasteiger partial charge in [0, 0.05) is 12.6 Å². The van der Waals surface area contributed by atoms with Crippen molar-refractivity contribution in [1.82, 2.24) is 5.32 Å². The Kier molecular flexibility index (Phi) is 1.69. The van der Waals surface area contributed by atoms with Gasteiger partial charge >= 0.3 is 0 Å². The summed E-state index contributed by atoms with van der Waals surface area (Å²) < 4.78 is 0. The molecule has 41 valence electrons. The quantitative estimate of drug-likeness (QED) is 0.528. The van der Waals surface area contributed by atoms with Crippen LogP contribution in [0.4, 0.5) is 0 Å². The van der Waals surface area contributed by atoms with Crippen LogP contribution in [-0.2, 0) is 0 Å². The van der Waals surface area contributed by atoms with Crippen molar-refractivity contribution >= 4 is 0 Å². The van der Waals surface area contributed by atoms with Gasteiger partial charge in [0.2, 0.25) is 0 Å². The Morgan fingerprint density at radius 2 is 2.43 bits per heavy atom. The lowest BCUT2D eigenvalue weighted by Crippen LogP contribution is -1.87. The molecule has 0 spiro atoms. The third-order valence-electron chi connectivity index (χ3n) is 1.27. The molecule has 0 aromatic carbocycles. The number of rotatable bonds is 3. The summed E-state index contributed by atoms with van der Waals surface area (Å²) in [7, 11) is 0. The van der Waals surface area contributed by atoms with Crippen molar-refractivity contribution in [3.63, 3.8) is 0 Å². The van der Waals surface area contributed by atoms with Gasteiger partial charge in [-0.1, -0.05) is 19.8 Å². The SMILES string of the molecule is CCCCC1[CH]N1. The van der Waals surface area contributed by atoms with E-state index < -0.39 is 0 Å². The van der Waals surface area contributed by atoms with Crippen molar-refractivity contribution in [3.05, 3.63) is 6.54 Å². The summed E-state index contributed by atoms with van der Waals surface area (Å²) in [5, 5.41) is 3.14. The van der Waals surface area contributed by atoms with Crippen molar-refractivity contribution in [1.29, 1.82) is 0 Å². The predicted octanol–water partition coefficient (Wildman–Crippen LogP) is 1.31. The van der Waals surface area contributed by atoms with Gasteiger partial charge in [0.1, 0.15) is 0 Å². The fourth-order valence-electron chi connectivity index (χ4n) is 0.659. The number of nitrogens with one attached hydrogen (secondary N) is 1. The van der Waals surface area contributed by atoms with Gasteiger partial charge in [-0.2, -0.15) is 0 Å². The fraction of sp³-hybridized carbons (Fsp3) is 0.833. The van der Waals surface area contributed by atoms with Crippen LogP contribution < -0.4 is 5.32 Å². The van der Waals surface area contributed by atoms with Crippen LogP contribution >= 0.6 is 0 Å². The largest absolute Gasteiger partial charge is 0.307 e. The monoisotopic (exact) mass is 98.1 g/mol. The van der Waals surface area contributed by atoms with Crippen molar-refractivity contribution < 1.29 is 0 Å². The summed E-state index contributed by atoms with van der Waals surface area (Å²) in [5.41, 5.74) is 0. The zero-order valence-corrected chi connectivity index (χ0v) is 4.78. The molecule has 1 rings (SSSR count). The zero-order valence-electron chi connectivity index (χ0n) is 4.78. The third-order valence-corrected chi connectivity index (χ3v) is 1.27. The Labute approximate surface area is 45.1 Å². The summed E-state index contributed by atoms with van der Waals surface area (Å²) in [6.07, 6.45) is 4.04. The number of hydrogen-bond acceptors (Lipinski definition) is 1. The van der Waals surface area contributed by atoms with E-state index in [0.29, 0.717) is 0 Å². The molecule has 1 radical (unpaired) electrons. The van der Waals surface area contributed by atoms with Crippen LogP contribution in [0.3, 0.4) is 0 Å². The Balaban J connectivity index is 1.80. The summed E-state index contributed by atoms with van der Waals surface area (Å²) in [6.45, 7) is 4.37. The van der Waals surface area contributed by atoms with Crippen molar-refractivity contribution in [2.24, 2.45) is 0 Å². The second-order valence-electron chi connectivity index (χ2n) is 2.08. The van der Waals surface area contributed by atoms with Gasteiger partial charge in [0.05, 0.1) is 0 Å². The highest BCUT2D eigenvalue weighted by atomic mass is 15.1. The lowest BCUT2D eigenvalue weighted by molar-refractivity contribution is 0.710. The molecular weight excluding hydrogens is 86.1 g/mol. The first-order valence-electron chi connectivity index (χ1n) is 3.03. The van der Waals surface area contributed by atoms with E-state index in [0.717, 1.165) is 6.04 Å². The smallest absolute Gasteiger partial charge is 0.0393 e. The molecule has 1 heteroatoms. The van der Waals surface area contributed by atoms with Gasteiger partial charge in [0.15, 0.2) is 0 Å². The van der Waals surface area contributed by atoms with Crippen LogP contribution in [0.2, 0.25) is 0 Å². The predicted molar refractivity (Wildman–Crippen MR) is 30.7 cm³/mol. The Morgan fingerprint density at radius 3 is 2.86 bits per heavy atom. The van der Waals surface area contributed by atoms with Gasteiger partial charge in [-0.05, 0) is 6.42 Å². The highest BCUT2D eigenvalue weighted by molar-refractivity contribution is 4.96.